The van der Waals surface area contributed by atoms with Crippen LogP contribution >= 0.6 is 45.2 Å². The highest BCUT2D eigenvalue weighted by atomic mass is 127. The predicted octanol–water partition coefficient (Wildman–Crippen LogP) is 3.10. The molecule has 0 saturated heterocycles. The molecule has 1 rings (SSSR count). The summed E-state index contributed by atoms with van der Waals surface area (Å²) in [6.45, 7) is 0. The number of rotatable bonds is 1. The number of aromatic nitrogens is 1. The summed E-state index contributed by atoms with van der Waals surface area (Å²) in [4.78, 5) is 3.84. The average molecular weight is 406 g/mol. The second-order valence-corrected chi connectivity index (χ2v) is 4.16. The van der Waals surface area contributed by atoms with Gasteiger partial charge in [0.05, 0.1) is 11.1 Å². The van der Waals surface area contributed by atoms with E-state index >= 15 is 0 Å². The largest absolute Gasteiger partial charge is 0.266 e. The maximum absolute atomic E-state index is 12.3. The molecule has 0 unspecified atom stereocenters. The van der Waals surface area contributed by atoms with Gasteiger partial charge in [0.15, 0.2) is 0 Å². The lowest BCUT2D eigenvalue weighted by molar-refractivity contribution is 0.150. The Balaban J connectivity index is 3.33. The molecule has 2 nitrogen and oxygen atoms in total. The van der Waals surface area contributed by atoms with Crippen molar-refractivity contribution < 1.29 is 8.78 Å². The van der Waals surface area contributed by atoms with Crippen molar-refractivity contribution >= 4 is 45.2 Å². The van der Waals surface area contributed by atoms with Crippen molar-refractivity contribution in [2.75, 3.05) is 0 Å². The van der Waals surface area contributed by atoms with E-state index in [1.165, 1.54) is 6.07 Å². The molecule has 0 saturated carbocycles. The van der Waals surface area contributed by atoms with Crippen LogP contribution in [0.5, 0.6) is 0 Å². The first-order chi connectivity index (χ1) is 6.06. The van der Waals surface area contributed by atoms with E-state index in [1.54, 1.807) is 22.6 Å². The van der Waals surface area contributed by atoms with Crippen molar-refractivity contribution in [3.05, 3.63) is 24.6 Å². The molecule has 0 N–H and O–H groups in total. The summed E-state index contributed by atoms with van der Waals surface area (Å²) in [5.41, 5.74) is 0.00822. The SMILES string of the molecule is N#Cc1cc(C(F)F)c(I)nc1I. The van der Waals surface area contributed by atoms with Crippen LogP contribution in [-0.2, 0) is 0 Å². The Bertz CT molecular complexity index is 373. The molecule has 1 aromatic rings. The van der Waals surface area contributed by atoms with Gasteiger partial charge in [-0.3, -0.25) is 0 Å². The van der Waals surface area contributed by atoms with E-state index in [1.807, 2.05) is 28.7 Å². The number of alkyl halides is 2. The summed E-state index contributed by atoms with van der Waals surface area (Å²) in [6, 6.07) is 2.99. The first-order valence-electron chi connectivity index (χ1n) is 3.10. The predicted molar refractivity (Wildman–Crippen MR) is 59.3 cm³/mol. The molecule has 68 valence electrons. The van der Waals surface area contributed by atoms with E-state index in [-0.39, 0.29) is 14.8 Å². The van der Waals surface area contributed by atoms with Crippen LogP contribution in [-0.4, -0.2) is 4.98 Å². The minimum absolute atomic E-state index is 0.183. The van der Waals surface area contributed by atoms with Crippen molar-refractivity contribution in [1.29, 1.82) is 5.26 Å². The molecule has 6 heteroatoms. The molecule has 0 bridgehead atoms. The van der Waals surface area contributed by atoms with Crippen LogP contribution in [0.2, 0.25) is 0 Å². The highest BCUT2D eigenvalue weighted by molar-refractivity contribution is 14.1. The van der Waals surface area contributed by atoms with Crippen molar-refractivity contribution in [2.24, 2.45) is 0 Å². The van der Waals surface area contributed by atoms with Crippen molar-refractivity contribution in [3.63, 3.8) is 0 Å². The Labute approximate surface area is 101 Å². The Morgan fingerprint density at radius 3 is 2.46 bits per heavy atom. The minimum Gasteiger partial charge on any atom is -0.234 e. The minimum atomic E-state index is -2.58. The summed E-state index contributed by atoms with van der Waals surface area (Å²) in [5.74, 6) is 0. The maximum Gasteiger partial charge on any atom is 0.266 e. The van der Waals surface area contributed by atoms with Gasteiger partial charge in [0.1, 0.15) is 13.5 Å². The second-order valence-electron chi connectivity index (χ2n) is 2.12. The third-order valence-corrected chi connectivity index (χ3v) is 3.00. The molecule has 0 spiro atoms. The van der Waals surface area contributed by atoms with Crippen molar-refractivity contribution in [1.82, 2.24) is 4.98 Å². The number of hydrogen-bond donors (Lipinski definition) is 0. The molecule has 0 fully saturated rings. The molecule has 0 atom stereocenters. The van der Waals surface area contributed by atoms with Gasteiger partial charge in [0.25, 0.3) is 6.43 Å². The van der Waals surface area contributed by atoms with Crippen molar-refractivity contribution in [3.8, 4) is 6.07 Å². The Morgan fingerprint density at radius 1 is 1.38 bits per heavy atom. The molecule has 0 aliphatic carbocycles. The van der Waals surface area contributed by atoms with Gasteiger partial charge in [0, 0.05) is 0 Å². The number of halogens is 4. The molecule has 1 aromatic heterocycles. The fourth-order valence-electron chi connectivity index (χ4n) is 0.717. The quantitative estimate of drug-likeness (QED) is 0.531. The third kappa shape index (κ3) is 2.46. The smallest absolute Gasteiger partial charge is 0.234 e. The van der Waals surface area contributed by atoms with Gasteiger partial charge >= 0.3 is 0 Å². The van der Waals surface area contributed by atoms with Crippen LogP contribution in [0, 0.1) is 18.7 Å². The Kier molecular flexibility index (Phi) is 3.78. The van der Waals surface area contributed by atoms with Crippen LogP contribution in [0.4, 0.5) is 8.78 Å². The zero-order chi connectivity index (χ0) is 10.0. The maximum atomic E-state index is 12.3. The first kappa shape index (κ1) is 11.0. The number of nitriles is 1. The van der Waals surface area contributed by atoms with Gasteiger partial charge in [-0.15, -0.1) is 0 Å². The van der Waals surface area contributed by atoms with E-state index in [0.29, 0.717) is 3.70 Å². The highest BCUT2D eigenvalue weighted by Gasteiger charge is 2.15. The zero-order valence-electron chi connectivity index (χ0n) is 6.06. The standard InChI is InChI=1S/C7H2F2I2N2/c8-5(9)4-1-3(2-12)6(10)13-7(4)11/h1,5H. The van der Waals surface area contributed by atoms with Crippen LogP contribution < -0.4 is 0 Å². The molecular weight excluding hydrogens is 404 g/mol. The average Bonchev–Trinajstić information content (AvgIpc) is 2.03. The fraction of sp³-hybridized carbons (Fsp3) is 0.143. The van der Waals surface area contributed by atoms with E-state index in [2.05, 4.69) is 4.98 Å². The summed E-state index contributed by atoms with van der Waals surface area (Å²) in [7, 11) is 0. The second kappa shape index (κ2) is 4.45. The monoisotopic (exact) mass is 406 g/mol. The van der Waals surface area contributed by atoms with Crippen molar-refractivity contribution in [2.45, 2.75) is 6.43 Å². The van der Waals surface area contributed by atoms with Crippen LogP contribution in [0.15, 0.2) is 6.07 Å². The van der Waals surface area contributed by atoms with E-state index in [0.717, 1.165) is 0 Å². The van der Waals surface area contributed by atoms with Gasteiger partial charge in [-0.2, -0.15) is 5.26 Å². The first-order valence-corrected chi connectivity index (χ1v) is 5.26. The van der Waals surface area contributed by atoms with E-state index in [9.17, 15) is 8.78 Å². The fourth-order valence-corrected chi connectivity index (χ4v) is 2.33. The van der Waals surface area contributed by atoms with Crippen LogP contribution in [0.25, 0.3) is 0 Å². The van der Waals surface area contributed by atoms with Gasteiger partial charge in [0.2, 0.25) is 0 Å². The topological polar surface area (TPSA) is 36.7 Å². The lowest BCUT2D eigenvalue weighted by Crippen LogP contribution is -1.98. The van der Waals surface area contributed by atoms with Gasteiger partial charge in [-0.05, 0) is 51.2 Å². The molecule has 0 aliphatic rings. The van der Waals surface area contributed by atoms with E-state index in [4.69, 9.17) is 5.26 Å². The van der Waals surface area contributed by atoms with Gasteiger partial charge in [-0.25, -0.2) is 13.8 Å². The molecule has 0 radical (unpaired) electrons. The highest BCUT2D eigenvalue weighted by Crippen LogP contribution is 2.25. The molecule has 0 amide bonds. The molecule has 0 aromatic carbocycles. The number of hydrogen-bond acceptors (Lipinski definition) is 2. The molecule has 0 aliphatic heterocycles. The lowest BCUT2D eigenvalue weighted by atomic mass is 10.2. The summed E-state index contributed by atoms with van der Waals surface area (Å²) >= 11 is 3.57. The molecule has 1 heterocycles. The number of nitrogens with zero attached hydrogens (tertiary/aromatic N) is 2. The van der Waals surface area contributed by atoms with Gasteiger partial charge in [-0.1, -0.05) is 0 Å². The summed E-state index contributed by atoms with van der Waals surface area (Å²) in [5, 5.41) is 8.57. The van der Waals surface area contributed by atoms with Gasteiger partial charge < -0.3 is 0 Å². The lowest BCUT2D eigenvalue weighted by Gasteiger charge is -2.03. The van der Waals surface area contributed by atoms with E-state index < -0.39 is 6.43 Å². The van der Waals surface area contributed by atoms with Crippen LogP contribution in [0.1, 0.15) is 17.6 Å². The summed E-state index contributed by atoms with van der Waals surface area (Å²) in [6.07, 6.45) is -2.58. The third-order valence-electron chi connectivity index (χ3n) is 1.31. The summed E-state index contributed by atoms with van der Waals surface area (Å²) < 4.78 is 25.3. The molecule has 13 heavy (non-hydrogen) atoms. The normalized spacial score (nSPS) is 10.2. The Hall–Kier alpha value is -0.0400. The zero-order valence-corrected chi connectivity index (χ0v) is 10.4. The van der Waals surface area contributed by atoms with Crippen LogP contribution in [0.3, 0.4) is 0 Å². The Morgan fingerprint density at radius 2 is 2.00 bits per heavy atom. The molecular formula is C7H2F2I2N2. The number of pyridine rings is 1.